The predicted molar refractivity (Wildman–Crippen MR) is 30.7 cm³/mol. The number of carbonyl (C=O) groups is 2. The maximum atomic E-state index is 10.4. The Kier molecular flexibility index (Phi) is 11.7. The molecule has 0 fully saturated rings. The van der Waals surface area contributed by atoms with Crippen LogP contribution < -0.4 is 44.5 Å². The first-order chi connectivity index (χ1) is 6.15. The molecule has 12 heteroatoms. The van der Waals surface area contributed by atoms with Crippen LogP contribution in [0.1, 0.15) is 0 Å². The van der Waals surface area contributed by atoms with Crippen LogP contribution in [0.15, 0.2) is 0 Å². The number of phosphoric acid groups is 1. The number of aliphatic carboxylic acids is 1. The van der Waals surface area contributed by atoms with Crippen molar-refractivity contribution in [2.75, 3.05) is 0 Å². The Hall–Kier alpha value is 0.504. The molecule has 0 saturated heterocycles. The molecule has 2 unspecified atom stereocenters. The molecule has 0 amide bonds. The first-order valence-electron chi connectivity index (χ1n) is 2.97. The summed E-state index contributed by atoms with van der Waals surface area (Å²) in [5.74, 6) is -4.31. The maximum Gasteiger partial charge on any atom is 2.00 e. The van der Waals surface area contributed by atoms with Gasteiger partial charge in [0.2, 0.25) is 0 Å². The maximum absolute atomic E-state index is 10.4. The van der Waals surface area contributed by atoms with Crippen LogP contribution in [-0.2, 0) is 35.2 Å². The Morgan fingerprint density at radius 1 is 1.19 bits per heavy atom. The summed E-state index contributed by atoms with van der Waals surface area (Å²) in [7, 11) is -5.68. The summed E-state index contributed by atoms with van der Waals surface area (Å²) in [6.07, 6.45) is -5.37. The van der Waals surface area contributed by atoms with Crippen molar-refractivity contribution in [1.29, 1.82) is 0 Å². The van der Waals surface area contributed by atoms with Gasteiger partial charge in [-0.05, 0) is 0 Å². The molecule has 2 N–H and O–H groups in total. The Labute approximate surface area is 121 Å². The molecule has 0 saturated carbocycles. The average Bonchev–Trinajstić information content (AvgIpc) is 1.98. The van der Waals surface area contributed by atoms with E-state index in [-0.39, 0.29) is 46.0 Å². The molecule has 2 atom stereocenters. The summed E-state index contributed by atoms with van der Waals surface area (Å²) in [5, 5.41) is 26.9. The van der Waals surface area contributed by atoms with Crippen LogP contribution in [0.3, 0.4) is 0 Å². The van der Waals surface area contributed by atoms with Crippen LogP contribution in [0, 0.1) is 0 Å². The normalized spacial score (nSPS) is 13.8. The van der Waals surface area contributed by atoms with Gasteiger partial charge in [0.1, 0.15) is 13.9 Å². The molecule has 0 aliphatic rings. The standard InChI is InChI=1S/C4H7O9P.Na.Ni/c5-1(3(7)8)2(6)4(9)13-14(10,11)12;;/h1-2,5-6H,(H,7,8)(H2,10,11,12);;/q;+1;+2/p-3. The van der Waals surface area contributed by atoms with E-state index < -0.39 is 32.0 Å². The molecular formula is C4H4NaNiO9P. The molecule has 90 valence electrons. The van der Waals surface area contributed by atoms with Crippen LogP contribution in [0.25, 0.3) is 0 Å². The number of carboxylic acid groups (broad SMARTS) is 1. The topological polar surface area (TPSA) is 170 Å². The zero-order valence-electron chi connectivity index (χ0n) is 7.67. The van der Waals surface area contributed by atoms with E-state index in [1.54, 1.807) is 0 Å². The number of phosphoric ester groups is 1. The fourth-order valence-corrected chi connectivity index (χ4v) is 0.750. The minimum atomic E-state index is -5.68. The molecule has 9 nitrogen and oxygen atoms in total. The number of aliphatic hydroxyl groups excluding tert-OH is 2. The monoisotopic (exact) mass is 308 g/mol. The molecule has 0 aromatic rings. The van der Waals surface area contributed by atoms with Crippen molar-refractivity contribution < 1.29 is 89.8 Å². The summed E-state index contributed by atoms with van der Waals surface area (Å²) >= 11 is 0. The molecule has 0 aromatic heterocycles. The minimum absolute atomic E-state index is 0. The average molecular weight is 309 g/mol. The van der Waals surface area contributed by atoms with Gasteiger partial charge in [-0.2, -0.15) is 0 Å². The summed E-state index contributed by atoms with van der Waals surface area (Å²) in [5.41, 5.74) is 0. The second-order valence-corrected chi connectivity index (χ2v) is 3.14. The molecule has 0 radical (unpaired) electrons. The van der Waals surface area contributed by atoms with E-state index in [4.69, 9.17) is 10.2 Å². The van der Waals surface area contributed by atoms with E-state index >= 15 is 0 Å². The summed E-state index contributed by atoms with van der Waals surface area (Å²) in [6, 6.07) is 0. The summed E-state index contributed by atoms with van der Waals surface area (Å²) in [6.45, 7) is 0. The molecule has 0 bridgehead atoms. The fourth-order valence-electron chi connectivity index (χ4n) is 0.422. The second kappa shape index (κ2) is 8.57. The van der Waals surface area contributed by atoms with Crippen molar-refractivity contribution in [2.45, 2.75) is 12.2 Å². The molecule has 16 heavy (non-hydrogen) atoms. The van der Waals surface area contributed by atoms with Gasteiger partial charge in [0.15, 0.2) is 6.10 Å². The summed E-state index contributed by atoms with van der Waals surface area (Å²) < 4.78 is 12.9. The van der Waals surface area contributed by atoms with Gasteiger partial charge in [0, 0.05) is 0 Å². The van der Waals surface area contributed by atoms with Gasteiger partial charge < -0.3 is 39.0 Å². The third kappa shape index (κ3) is 8.63. The smallest absolute Gasteiger partial charge is 0.780 e. The van der Waals surface area contributed by atoms with Gasteiger partial charge in [0.25, 0.3) is 0 Å². The van der Waals surface area contributed by atoms with E-state index in [0.717, 1.165) is 0 Å². The van der Waals surface area contributed by atoms with Crippen molar-refractivity contribution in [3.63, 3.8) is 0 Å². The Bertz CT molecular complexity index is 289. The minimum Gasteiger partial charge on any atom is -0.780 e. The number of rotatable bonds is 4. The fraction of sp³-hybridized carbons (Fsp3) is 0.500. The van der Waals surface area contributed by atoms with Crippen LogP contribution in [-0.4, -0.2) is 34.4 Å². The van der Waals surface area contributed by atoms with Gasteiger partial charge in [-0.15, -0.1) is 0 Å². The quantitative estimate of drug-likeness (QED) is 0.378. The van der Waals surface area contributed by atoms with Crippen molar-refractivity contribution in [3.05, 3.63) is 0 Å². The third-order valence-electron chi connectivity index (χ3n) is 0.984. The molecule has 0 heterocycles. The van der Waals surface area contributed by atoms with E-state index in [1.807, 2.05) is 0 Å². The van der Waals surface area contributed by atoms with Crippen molar-refractivity contribution >= 4 is 19.8 Å². The van der Waals surface area contributed by atoms with Crippen molar-refractivity contribution in [2.24, 2.45) is 0 Å². The number of carboxylic acids is 1. The predicted octanol–water partition coefficient (Wildman–Crippen LogP) is -8.17. The zero-order valence-corrected chi connectivity index (χ0v) is 11.6. The molecular weight excluding hydrogens is 305 g/mol. The van der Waals surface area contributed by atoms with Crippen molar-refractivity contribution in [1.82, 2.24) is 0 Å². The van der Waals surface area contributed by atoms with Crippen LogP contribution in [0.4, 0.5) is 0 Å². The second-order valence-electron chi connectivity index (χ2n) is 2.07. The third-order valence-corrected chi connectivity index (χ3v) is 1.39. The molecule has 0 aliphatic heterocycles. The van der Waals surface area contributed by atoms with Gasteiger partial charge in [0.05, 0.1) is 5.97 Å². The van der Waals surface area contributed by atoms with Crippen LogP contribution in [0.5, 0.6) is 0 Å². The molecule has 0 aromatic carbocycles. The zero-order chi connectivity index (χ0) is 11.5. The molecule has 0 spiro atoms. The van der Waals surface area contributed by atoms with Gasteiger partial charge in [-0.3, -0.25) is 0 Å². The Morgan fingerprint density at radius 2 is 1.56 bits per heavy atom. The van der Waals surface area contributed by atoms with Gasteiger partial charge in [-0.1, -0.05) is 0 Å². The van der Waals surface area contributed by atoms with E-state index in [0.29, 0.717) is 0 Å². The Morgan fingerprint density at radius 3 is 1.81 bits per heavy atom. The van der Waals surface area contributed by atoms with Gasteiger partial charge >= 0.3 is 52.0 Å². The van der Waals surface area contributed by atoms with E-state index in [2.05, 4.69) is 4.52 Å². The number of hydrogen-bond donors (Lipinski definition) is 2. The van der Waals surface area contributed by atoms with E-state index in [9.17, 15) is 29.0 Å². The summed E-state index contributed by atoms with van der Waals surface area (Å²) in [4.78, 5) is 39.9. The molecule has 0 rings (SSSR count). The van der Waals surface area contributed by atoms with E-state index in [1.165, 1.54) is 0 Å². The number of carbonyl (C=O) groups excluding carboxylic acids is 2. The van der Waals surface area contributed by atoms with Gasteiger partial charge in [-0.25, -0.2) is 4.79 Å². The first-order valence-corrected chi connectivity index (χ1v) is 4.43. The largest absolute Gasteiger partial charge is 2.00 e. The van der Waals surface area contributed by atoms with Crippen LogP contribution in [0.2, 0.25) is 0 Å². The number of hydrogen-bond acceptors (Lipinski definition) is 9. The Balaban J connectivity index is -0.000000845. The van der Waals surface area contributed by atoms with Crippen molar-refractivity contribution in [3.8, 4) is 0 Å². The van der Waals surface area contributed by atoms with Crippen LogP contribution >= 0.6 is 7.82 Å². The molecule has 0 aliphatic carbocycles. The number of aliphatic hydroxyl groups is 2. The first kappa shape index (κ1) is 21.8. The SMILES string of the molecule is O=C([O-])C(O)C(O)C(=O)OP(=O)([O-])[O-].[Na+].[Ni+2].